The normalized spacial score (nSPS) is 20.5. The zero-order valence-corrected chi connectivity index (χ0v) is 18.8. The summed E-state index contributed by atoms with van der Waals surface area (Å²) < 4.78 is 7.28. The topological polar surface area (TPSA) is 67.7 Å². The van der Waals surface area contributed by atoms with Crippen LogP contribution in [-0.2, 0) is 6.54 Å². The minimum absolute atomic E-state index is 0.0865. The maximum atomic E-state index is 12.9. The molecule has 0 saturated carbocycles. The zero-order chi connectivity index (χ0) is 22.8. The Balaban J connectivity index is 1.19. The lowest BCUT2D eigenvalue weighted by Crippen LogP contribution is -2.36. The summed E-state index contributed by atoms with van der Waals surface area (Å²) in [5.74, 6) is 1.59. The molecule has 1 aromatic heterocycles. The molecular formula is C26H28N4O3. The summed E-state index contributed by atoms with van der Waals surface area (Å²) in [6, 6.07) is 17.9. The maximum absolute atomic E-state index is 12.9. The van der Waals surface area contributed by atoms with Gasteiger partial charge in [0, 0.05) is 37.8 Å². The van der Waals surface area contributed by atoms with Gasteiger partial charge in [-0.15, -0.1) is 0 Å². The number of Topliss-reactive ketones (excluding diaryl/α,β-unsaturated/α-hetero) is 1. The van der Waals surface area contributed by atoms with Gasteiger partial charge in [-0.3, -0.25) is 9.69 Å². The second kappa shape index (κ2) is 8.83. The van der Waals surface area contributed by atoms with Gasteiger partial charge in [-0.2, -0.15) is 9.78 Å². The molecule has 2 aliphatic rings. The number of hydrogen-bond acceptors (Lipinski definition) is 5. The third kappa shape index (κ3) is 4.68. The van der Waals surface area contributed by atoms with Crippen LogP contribution in [0.5, 0.6) is 11.5 Å². The van der Waals surface area contributed by atoms with Crippen LogP contribution >= 0.6 is 0 Å². The van der Waals surface area contributed by atoms with E-state index in [1.54, 1.807) is 0 Å². The van der Waals surface area contributed by atoms with Gasteiger partial charge in [-0.1, -0.05) is 30.3 Å². The molecule has 0 aliphatic carbocycles. The van der Waals surface area contributed by atoms with Gasteiger partial charge in [0.25, 0.3) is 0 Å². The molecular weight excluding hydrogens is 416 g/mol. The fourth-order valence-electron chi connectivity index (χ4n) is 4.94. The molecule has 0 radical (unpaired) electrons. The monoisotopic (exact) mass is 444 g/mol. The lowest BCUT2D eigenvalue weighted by Gasteiger charge is -2.24. The van der Waals surface area contributed by atoms with E-state index >= 15 is 0 Å². The van der Waals surface area contributed by atoms with Gasteiger partial charge < -0.3 is 9.64 Å². The lowest BCUT2D eigenvalue weighted by atomic mass is 9.86. The lowest BCUT2D eigenvalue weighted by molar-refractivity contribution is 0.101. The molecule has 3 aromatic rings. The first-order chi connectivity index (χ1) is 16.0. The number of carbonyl (C=O) groups excluding carboxylic acids is 2. The summed E-state index contributed by atoms with van der Waals surface area (Å²) in [5.41, 5.74) is 1.81. The van der Waals surface area contributed by atoms with Gasteiger partial charge in [0.1, 0.15) is 11.5 Å². The highest BCUT2D eigenvalue weighted by molar-refractivity contribution is 5.94. The maximum Gasteiger partial charge on any atom is 0.344 e. The van der Waals surface area contributed by atoms with E-state index < -0.39 is 0 Å². The summed E-state index contributed by atoms with van der Waals surface area (Å²) in [6.45, 7) is 5.79. The Morgan fingerprint density at radius 2 is 1.79 bits per heavy atom. The second-order valence-corrected chi connectivity index (χ2v) is 9.21. The minimum atomic E-state index is -0.149. The second-order valence-electron chi connectivity index (χ2n) is 9.21. The van der Waals surface area contributed by atoms with Crippen LogP contribution in [0.3, 0.4) is 0 Å². The average Bonchev–Trinajstić information content (AvgIpc) is 3.55. The molecule has 1 amide bonds. The van der Waals surface area contributed by atoms with Gasteiger partial charge in [-0.25, -0.2) is 4.79 Å². The van der Waals surface area contributed by atoms with Crippen molar-refractivity contribution in [3.05, 3.63) is 78.1 Å². The van der Waals surface area contributed by atoms with Crippen molar-refractivity contribution in [2.45, 2.75) is 26.3 Å². The number of nitrogens with zero attached hydrogens (tertiary/aromatic N) is 4. The van der Waals surface area contributed by atoms with Crippen LogP contribution in [0, 0.1) is 5.41 Å². The molecule has 170 valence electrons. The number of ether oxygens (including phenoxy) is 1. The largest absolute Gasteiger partial charge is 0.457 e. The number of aromatic nitrogens is 2. The van der Waals surface area contributed by atoms with E-state index in [1.165, 1.54) is 29.6 Å². The van der Waals surface area contributed by atoms with E-state index in [9.17, 15) is 9.59 Å². The Hall–Kier alpha value is -3.45. The molecule has 1 unspecified atom stereocenters. The predicted molar refractivity (Wildman–Crippen MR) is 125 cm³/mol. The van der Waals surface area contributed by atoms with E-state index in [0.29, 0.717) is 5.56 Å². The van der Waals surface area contributed by atoms with Gasteiger partial charge >= 0.3 is 6.03 Å². The highest BCUT2D eigenvalue weighted by Gasteiger charge is 2.45. The molecule has 1 atom stereocenters. The summed E-state index contributed by atoms with van der Waals surface area (Å²) >= 11 is 0. The number of likely N-dealkylation sites (tertiary alicyclic amines) is 2. The van der Waals surface area contributed by atoms with Crippen molar-refractivity contribution in [2.75, 3.05) is 26.2 Å². The summed E-state index contributed by atoms with van der Waals surface area (Å²) in [5, 5.41) is 4.09. The standard InChI is InChI=1S/C26H28N4O3/c1-20(31)22-15-27-30(17-22)25(32)29-13-11-26(19-29)10-12-28(18-26)16-21-6-5-9-24(14-21)33-23-7-3-2-4-8-23/h2-9,14-15,17H,10-13,16,18-19H2,1H3. The first kappa shape index (κ1) is 21.4. The van der Waals surface area contributed by atoms with Crippen LogP contribution in [-0.4, -0.2) is 57.6 Å². The van der Waals surface area contributed by atoms with Crippen LogP contribution in [0.25, 0.3) is 0 Å². The van der Waals surface area contributed by atoms with Crippen molar-refractivity contribution >= 4 is 11.8 Å². The SMILES string of the molecule is CC(=O)c1cnn(C(=O)N2CCC3(CCN(Cc4cccc(Oc5ccccc5)c4)C3)C2)c1. The van der Waals surface area contributed by atoms with Crippen molar-refractivity contribution in [3.63, 3.8) is 0 Å². The first-order valence-corrected chi connectivity index (χ1v) is 11.4. The van der Waals surface area contributed by atoms with E-state index in [-0.39, 0.29) is 17.2 Å². The number of amides is 1. The molecule has 1 spiro atoms. The summed E-state index contributed by atoms with van der Waals surface area (Å²) in [6.07, 6.45) is 5.06. The number of hydrogen-bond donors (Lipinski definition) is 0. The predicted octanol–water partition coefficient (Wildman–Crippen LogP) is 4.44. The molecule has 0 bridgehead atoms. The number of rotatable bonds is 5. The van der Waals surface area contributed by atoms with Crippen molar-refractivity contribution in [3.8, 4) is 11.5 Å². The van der Waals surface area contributed by atoms with Crippen molar-refractivity contribution in [1.29, 1.82) is 0 Å². The van der Waals surface area contributed by atoms with Crippen LogP contribution in [0.1, 0.15) is 35.7 Å². The minimum Gasteiger partial charge on any atom is -0.457 e. The molecule has 2 saturated heterocycles. The highest BCUT2D eigenvalue weighted by Crippen LogP contribution is 2.40. The van der Waals surface area contributed by atoms with E-state index in [4.69, 9.17) is 4.74 Å². The Kier molecular flexibility index (Phi) is 5.72. The fraction of sp³-hybridized carbons (Fsp3) is 0.346. The van der Waals surface area contributed by atoms with Gasteiger partial charge in [0.15, 0.2) is 5.78 Å². The Bertz CT molecular complexity index is 1160. The number of benzene rings is 2. The molecule has 5 rings (SSSR count). The van der Waals surface area contributed by atoms with Crippen molar-refractivity contribution < 1.29 is 14.3 Å². The smallest absolute Gasteiger partial charge is 0.344 e. The molecule has 0 N–H and O–H groups in total. The Morgan fingerprint density at radius 1 is 1.00 bits per heavy atom. The van der Waals surface area contributed by atoms with Crippen LogP contribution in [0.4, 0.5) is 4.79 Å². The third-order valence-electron chi connectivity index (χ3n) is 6.69. The summed E-state index contributed by atoms with van der Waals surface area (Å²) in [4.78, 5) is 28.7. The zero-order valence-electron chi connectivity index (χ0n) is 18.8. The Morgan fingerprint density at radius 3 is 2.58 bits per heavy atom. The van der Waals surface area contributed by atoms with E-state index in [0.717, 1.165) is 57.1 Å². The Labute approximate surface area is 193 Å². The molecule has 2 aliphatic heterocycles. The van der Waals surface area contributed by atoms with E-state index in [1.807, 2.05) is 47.4 Å². The molecule has 3 heterocycles. The first-order valence-electron chi connectivity index (χ1n) is 11.4. The number of carbonyl (C=O) groups is 2. The van der Waals surface area contributed by atoms with Crippen LogP contribution in [0.2, 0.25) is 0 Å². The van der Waals surface area contributed by atoms with Crippen molar-refractivity contribution in [2.24, 2.45) is 5.41 Å². The number of para-hydroxylation sites is 1. The third-order valence-corrected chi connectivity index (χ3v) is 6.69. The summed E-state index contributed by atoms with van der Waals surface area (Å²) in [7, 11) is 0. The molecule has 33 heavy (non-hydrogen) atoms. The molecule has 7 nitrogen and oxygen atoms in total. The average molecular weight is 445 g/mol. The number of ketones is 1. The molecule has 7 heteroatoms. The van der Waals surface area contributed by atoms with Crippen LogP contribution < -0.4 is 4.74 Å². The molecule has 2 aromatic carbocycles. The van der Waals surface area contributed by atoms with E-state index in [2.05, 4.69) is 22.1 Å². The quantitative estimate of drug-likeness (QED) is 0.544. The van der Waals surface area contributed by atoms with Crippen LogP contribution in [0.15, 0.2) is 67.0 Å². The molecule has 2 fully saturated rings. The van der Waals surface area contributed by atoms with Gasteiger partial charge in [0.2, 0.25) is 0 Å². The van der Waals surface area contributed by atoms with Gasteiger partial charge in [-0.05, 0) is 56.1 Å². The highest BCUT2D eigenvalue weighted by atomic mass is 16.5. The van der Waals surface area contributed by atoms with Gasteiger partial charge in [0.05, 0.1) is 11.8 Å². The van der Waals surface area contributed by atoms with Crippen molar-refractivity contribution in [1.82, 2.24) is 19.6 Å². The fourth-order valence-corrected chi connectivity index (χ4v) is 4.94.